The van der Waals surface area contributed by atoms with E-state index in [9.17, 15) is 9.59 Å². The third kappa shape index (κ3) is 2.91. The van der Waals surface area contributed by atoms with Crippen molar-refractivity contribution in [2.75, 3.05) is 57.9 Å². The molecule has 26 heavy (non-hydrogen) atoms. The Bertz CT molecular complexity index is 691. The third-order valence-electron chi connectivity index (χ3n) is 6.21. The molecule has 0 aliphatic carbocycles. The summed E-state index contributed by atoms with van der Waals surface area (Å²) in [7, 11) is 1.86. The molecule has 0 bridgehead atoms. The highest BCUT2D eigenvalue weighted by atomic mass is 16.5. The van der Waals surface area contributed by atoms with Gasteiger partial charge in [0.1, 0.15) is 0 Å². The van der Waals surface area contributed by atoms with Crippen LogP contribution in [-0.2, 0) is 19.7 Å². The second-order valence-corrected chi connectivity index (χ2v) is 7.55. The maximum absolute atomic E-state index is 13.0. The van der Waals surface area contributed by atoms with Crippen molar-refractivity contribution in [1.82, 2.24) is 9.80 Å². The van der Waals surface area contributed by atoms with E-state index in [-0.39, 0.29) is 11.8 Å². The van der Waals surface area contributed by atoms with Crippen LogP contribution in [0, 0.1) is 0 Å². The van der Waals surface area contributed by atoms with Crippen molar-refractivity contribution in [1.29, 1.82) is 0 Å². The molecule has 0 radical (unpaired) electrons. The molecule has 0 atom stereocenters. The number of hydrogen-bond acceptors (Lipinski definition) is 4. The van der Waals surface area contributed by atoms with Crippen LogP contribution in [0.1, 0.15) is 24.8 Å². The number of rotatable bonds is 3. The number of hydrogen-bond donors (Lipinski definition) is 0. The van der Waals surface area contributed by atoms with Crippen molar-refractivity contribution in [2.24, 2.45) is 0 Å². The second kappa shape index (κ2) is 7.00. The standard InChI is InChI=1S/C20H27N3O3/c1-21-17-5-3-2-4-16(17)20(19(21)25)7-10-23(11-8-20)18(24)6-9-22-12-14-26-15-13-22/h2-5H,6-15H2,1H3. The average Bonchev–Trinajstić information content (AvgIpc) is 2.90. The number of piperidine rings is 1. The molecule has 1 aromatic carbocycles. The summed E-state index contributed by atoms with van der Waals surface area (Å²) < 4.78 is 5.35. The van der Waals surface area contributed by atoms with Crippen LogP contribution in [0.5, 0.6) is 0 Å². The molecule has 2 amide bonds. The first-order chi connectivity index (χ1) is 12.6. The minimum absolute atomic E-state index is 0.180. The minimum atomic E-state index is -0.438. The average molecular weight is 357 g/mol. The van der Waals surface area contributed by atoms with Crippen LogP contribution < -0.4 is 4.90 Å². The van der Waals surface area contributed by atoms with Crippen molar-refractivity contribution in [2.45, 2.75) is 24.7 Å². The van der Waals surface area contributed by atoms with Gasteiger partial charge in [-0.05, 0) is 24.5 Å². The highest BCUT2D eigenvalue weighted by Crippen LogP contribution is 2.47. The molecule has 1 spiro atoms. The maximum Gasteiger partial charge on any atom is 0.237 e. The van der Waals surface area contributed by atoms with Gasteiger partial charge in [0.05, 0.1) is 18.6 Å². The van der Waals surface area contributed by atoms with Gasteiger partial charge < -0.3 is 14.5 Å². The van der Waals surface area contributed by atoms with E-state index >= 15 is 0 Å². The number of anilines is 1. The third-order valence-corrected chi connectivity index (χ3v) is 6.21. The number of benzene rings is 1. The molecule has 0 aromatic heterocycles. The molecule has 2 fully saturated rings. The Labute approximate surface area is 154 Å². The lowest BCUT2D eigenvalue weighted by atomic mass is 9.73. The summed E-state index contributed by atoms with van der Waals surface area (Å²) in [5.74, 6) is 0.387. The number of carbonyl (C=O) groups is 2. The van der Waals surface area contributed by atoms with Gasteiger partial charge in [0, 0.05) is 51.9 Å². The molecule has 3 aliphatic rings. The van der Waals surface area contributed by atoms with Crippen LogP contribution in [0.2, 0.25) is 0 Å². The number of carbonyl (C=O) groups excluding carboxylic acids is 2. The normalized spacial score (nSPS) is 22.7. The van der Waals surface area contributed by atoms with Gasteiger partial charge in [-0.25, -0.2) is 0 Å². The van der Waals surface area contributed by atoms with E-state index in [2.05, 4.69) is 11.0 Å². The maximum atomic E-state index is 13.0. The predicted molar refractivity (Wildman–Crippen MR) is 99.2 cm³/mol. The fourth-order valence-electron chi connectivity index (χ4n) is 4.57. The molecule has 3 aliphatic heterocycles. The number of para-hydroxylation sites is 1. The van der Waals surface area contributed by atoms with E-state index in [1.165, 1.54) is 0 Å². The monoisotopic (exact) mass is 357 g/mol. The van der Waals surface area contributed by atoms with Gasteiger partial charge in [-0.3, -0.25) is 14.5 Å². The van der Waals surface area contributed by atoms with Gasteiger partial charge in [-0.2, -0.15) is 0 Å². The first kappa shape index (κ1) is 17.5. The summed E-state index contributed by atoms with van der Waals surface area (Å²) >= 11 is 0. The number of ether oxygens (including phenoxy) is 1. The van der Waals surface area contributed by atoms with Gasteiger partial charge >= 0.3 is 0 Å². The number of morpholine rings is 1. The molecule has 3 heterocycles. The van der Waals surface area contributed by atoms with E-state index in [0.717, 1.165) is 56.9 Å². The summed E-state index contributed by atoms with van der Waals surface area (Å²) in [6.07, 6.45) is 1.99. The second-order valence-electron chi connectivity index (χ2n) is 7.55. The van der Waals surface area contributed by atoms with Crippen molar-refractivity contribution in [3.05, 3.63) is 29.8 Å². The molecule has 140 valence electrons. The molecule has 6 heteroatoms. The summed E-state index contributed by atoms with van der Waals surface area (Å²) in [6, 6.07) is 8.08. The van der Waals surface area contributed by atoms with Crippen LogP contribution in [0.3, 0.4) is 0 Å². The zero-order chi connectivity index (χ0) is 18.1. The molecule has 1 aromatic rings. The zero-order valence-corrected chi connectivity index (χ0v) is 15.4. The molecule has 6 nitrogen and oxygen atoms in total. The SMILES string of the molecule is CN1C(=O)C2(CCN(C(=O)CCN3CCOCC3)CC2)c2ccccc21. The Kier molecular flexibility index (Phi) is 4.71. The number of nitrogens with zero attached hydrogens (tertiary/aromatic N) is 3. The Balaban J connectivity index is 1.38. The molecular formula is C20H27N3O3. The van der Waals surface area contributed by atoms with E-state index in [0.29, 0.717) is 19.5 Å². The Morgan fingerprint density at radius 1 is 1.12 bits per heavy atom. The van der Waals surface area contributed by atoms with Crippen molar-refractivity contribution in [3.8, 4) is 0 Å². The number of likely N-dealkylation sites (N-methyl/N-ethyl adjacent to an activating group) is 1. The predicted octanol–water partition coefficient (Wildman–Crippen LogP) is 1.25. The van der Waals surface area contributed by atoms with Gasteiger partial charge in [0.2, 0.25) is 11.8 Å². The fraction of sp³-hybridized carbons (Fsp3) is 0.600. The summed E-state index contributed by atoms with van der Waals surface area (Å²) in [5, 5.41) is 0. The quantitative estimate of drug-likeness (QED) is 0.817. The van der Waals surface area contributed by atoms with Crippen molar-refractivity contribution in [3.63, 3.8) is 0 Å². The van der Waals surface area contributed by atoms with Gasteiger partial charge in [-0.1, -0.05) is 18.2 Å². The van der Waals surface area contributed by atoms with E-state index in [1.807, 2.05) is 30.1 Å². The lowest BCUT2D eigenvalue weighted by Gasteiger charge is -2.38. The number of likely N-dealkylation sites (tertiary alicyclic amines) is 1. The van der Waals surface area contributed by atoms with Gasteiger partial charge in [0.15, 0.2) is 0 Å². The van der Waals surface area contributed by atoms with Gasteiger partial charge in [-0.15, -0.1) is 0 Å². The Morgan fingerprint density at radius 3 is 2.54 bits per heavy atom. The van der Waals surface area contributed by atoms with E-state index in [4.69, 9.17) is 4.74 Å². The highest BCUT2D eigenvalue weighted by Gasteiger charge is 2.51. The van der Waals surface area contributed by atoms with Crippen molar-refractivity contribution < 1.29 is 14.3 Å². The summed E-state index contributed by atoms with van der Waals surface area (Å²) in [6.45, 7) is 5.47. The fourth-order valence-corrected chi connectivity index (χ4v) is 4.57. The summed E-state index contributed by atoms with van der Waals surface area (Å²) in [4.78, 5) is 31.6. The van der Waals surface area contributed by atoms with Crippen LogP contribution in [0.4, 0.5) is 5.69 Å². The van der Waals surface area contributed by atoms with E-state index < -0.39 is 5.41 Å². The Hall–Kier alpha value is -1.92. The van der Waals surface area contributed by atoms with Crippen molar-refractivity contribution >= 4 is 17.5 Å². The van der Waals surface area contributed by atoms with Crippen LogP contribution in [0.25, 0.3) is 0 Å². The largest absolute Gasteiger partial charge is 0.379 e. The van der Waals surface area contributed by atoms with Gasteiger partial charge in [0.25, 0.3) is 0 Å². The zero-order valence-electron chi connectivity index (χ0n) is 15.4. The topological polar surface area (TPSA) is 53.1 Å². The highest BCUT2D eigenvalue weighted by molar-refractivity contribution is 6.07. The molecule has 4 rings (SSSR count). The minimum Gasteiger partial charge on any atom is -0.379 e. The molecular weight excluding hydrogens is 330 g/mol. The Morgan fingerprint density at radius 2 is 1.81 bits per heavy atom. The molecule has 0 unspecified atom stereocenters. The summed E-state index contributed by atoms with van der Waals surface area (Å²) in [5.41, 5.74) is 1.71. The van der Waals surface area contributed by atoms with Crippen LogP contribution in [0.15, 0.2) is 24.3 Å². The molecule has 2 saturated heterocycles. The lowest BCUT2D eigenvalue weighted by molar-refractivity contribution is -0.136. The molecule has 0 saturated carbocycles. The van der Waals surface area contributed by atoms with E-state index in [1.54, 1.807) is 4.90 Å². The smallest absolute Gasteiger partial charge is 0.237 e. The number of amides is 2. The first-order valence-electron chi connectivity index (χ1n) is 9.57. The first-order valence-corrected chi connectivity index (χ1v) is 9.57. The molecule has 0 N–H and O–H groups in total. The number of fused-ring (bicyclic) bond motifs is 2. The van der Waals surface area contributed by atoms with Crippen LogP contribution >= 0.6 is 0 Å². The van der Waals surface area contributed by atoms with Crippen LogP contribution in [-0.4, -0.2) is 74.6 Å². The lowest BCUT2D eigenvalue weighted by Crippen LogP contribution is -2.50.